The largest absolute Gasteiger partial charge is 0.311 e. The predicted molar refractivity (Wildman–Crippen MR) is 75.6 cm³/mol. The molecule has 0 amide bonds. The fourth-order valence-electron chi connectivity index (χ4n) is 3.50. The van der Waals surface area contributed by atoms with Gasteiger partial charge in [0, 0.05) is 0 Å². The van der Waals surface area contributed by atoms with Gasteiger partial charge in [-0.05, 0) is 55.0 Å². The summed E-state index contributed by atoms with van der Waals surface area (Å²) in [7, 11) is 1.95. The lowest BCUT2D eigenvalue weighted by atomic mass is 9.78. The Morgan fingerprint density at radius 1 is 1.26 bits per heavy atom. The van der Waals surface area contributed by atoms with Crippen molar-refractivity contribution in [2.45, 2.75) is 65.5 Å². The maximum absolute atomic E-state index is 4.22. The molecule has 0 saturated heterocycles. The van der Waals surface area contributed by atoms with E-state index in [0.717, 1.165) is 18.3 Å². The van der Waals surface area contributed by atoms with Crippen molar-refractivity contribution in [3.8, 4) is 0 Å². The predicted octanol–water partition coefficient (Wildman–Crippen LogP) is 2.56. The van der Waals surface area contributed by atoms with Gasteiger partial charge in [0.15, 0.2) is 5.82 Å². The SMILES string of the molecule is CNC(C)c1nnnn1CC1(CC(C)C)CCCC1. The van der Waals surface area contributed by atoms with E-state index < -0.39 is 0 Å². The van der Waals surface area contributed by atoms with E-state index in [0.29, 0.717) is 5.41 Å². The summed E-state index contributed by atoms with van der Waals surface area (Å²) in [5.41, 5.74) is 0.408. The van der Waals surface area contributed by atoms with E-state index in [2.05, 4.69) is 41.6 Å². The third kappa shape index (κ3) is 3.32. The van der Waals surface area contributed by atoms with Crippen molar-refractivity contribution in [1.82, 2.24) is 25.5 Å². The van der Waals surface area contributed by atoms with E-state index in [-0.39, 0.29) is 6.04 Å². The van der Waals surface area contributed by atoms with Gasteiger partial charge in [0.1, 0.15) is 0 Å². The molecule has 1 unspecified atom stereocenters. The summed E-state index contributed by atoms with van der Waals surface area (Å²) >= 11 is 0. The Kier molecular flexibility index (Phi) is 4.55. The highest BCUT2D eigenvalue weighted by Gasteiger charge is 2.36. The van der Waals surface area contributed by atoms with Gasteiger partial charge in [-0.2, -0.15) is 0 Å². The zero-order valence-electron chi connectivity index (χ0n) is 12.7. The molecule has 0 spiro atoms. The zero-order chi connectivity index (χ0) is 13.9. The summed E-state index contributed by atoms with van der Waals surface area (Å²) in [6.45, 7) is 7.71. The van der Waals surface area contributed by atoms with Crippen molar-refractivity contribution in [3.63, 3.8) is 0 Å². The van der Waals surface area contributed by atoms with Crippen LogP contribution in [0.25, 0.3) is 0 Å². The first-order chi connectivity index (χ1) is 9.06. The van der Waals surface area contributed by atoms with Crippen LogP contribution in [0.1, 0.15) is 64.7 Å². The summed E-state index contributed by atoms with van der Waals surface area (Å²) in [6, 6.07) is 0.201. The third-order valence-corrected chi connectivity index (χ3v) is 4.37. The molecular weight excluding hydrogens is 238 g/mol. The lowest BCUT2D eigenvalue weighted by Crippen LogP contribution is -2.29. The molecule has 1 saturated carbocycles. The molecular formula is C14H27N5. The van der Waals surface area contributed by atoms with Gasteiger partial charge < -0.3 is 5.32 Å². The molecule has 1 aliphatic carbocycles. The van der Waals surface area contributed by atoms with Crippen LogP contribution in [-0.2, 0) is 6.54 Å². The highest BCUT2D eigenvalue weighted by molar-refractivity contribution is 4.93. The van der Waals surface area contributed by atoms with Gasteiger partial charge in [0.2, 0.25) is 0 Å². The molecule has 0 aliphatic heterocycles. The molecule has 1 fully saturated rings. The fourth-order valence-corrected chi connectivity index (χ4v) is 3.50. The van der Waals surface area contributed by atoms with Crippen LogP contribution in [-0.4, -0.2) is 27.3 Å². The topological polar surface area (TPSA) is 55.6 Å². The molecule has 1 N–H and O–H groups in total. The van der Waals surface area contributed by atoms with E-state index in [4.69, 9.17) is 0 Å². The van der Waals surface area contributed by atoms with Gasteiger partial charge in [0.05, 0.1) is 12.6 Å². The molecule has 1 atom stereocenters. The Hall–Kier alpha value is -0.970. The van der Waals surface area contributed by atoms with Gasteiger partial charge in [-0.1, -0.05) is 26.7 Å². The molecule has 108 valence electrons. The van der Waals surface area contributed by atoms with Crippen molar-refractivity contribution in [2.75, 3.05) is 7.05 Å². The Morgan fingerprint density at radius 2 is 1.95 bits per heavy atom. The number of hydrogen-bond donors (Lipinski definition) is 1. The minimum Gasteiger partial charge on any atom is -0.311 e. The van der Waals surface area contributed by atoms with Crippen LogP contribution in [0.3, 0.4) is 0 Å². The highest BCUT2D eigenvalue weighted by Crippen LogP contribution is 2.44. The van der Waals surface area contributed by atoms with E-state index in [1.165, 1.54) is 32.1 Å². The molecule has 1 aromatic rings. The van der Waals surface area contributed by atoms with E-state index >= 15 is 0 Å². The number of nitrogens with zero attached hydrogens (tertiary/aromatic N) is 4. The van der Waals surface area contributed by atoms with Crippen LogP contribution in [0, 0.1) is 11.3 Å². The summed E-state index contributed by atoms with van der Waals surface area (Å²) in [5, 5.41) is 15.5. The quantitative estimate of drug-likeness (QED) is 0.859. The monoisotopic (exact) mass is 265 g/mol. The third-order valence-electron chi connectivity index (χ3n) is 4.37. The van der Waals surface area contributed by atoms with Crippen molar-refractivity contribution < 1.29 is 0 Å². The summed E-state index contributed by atoms with van der Waals surface area (Å²) < 4.78 is 2.02. The number of hydrogen-bond acceptors (Lipinski definition) is 4. The molecule has 5 nitrogen and oxygen atoms in total. The van der Waals surface area contributed by atoms with Crippen molar-refractivity contribution >= 4 is 0 Å². The maximum Gasteiger partial charge on any atom is 0.167 e. The summed E-state index contributed by atoms with van der Waals surface area (Å²) in [4.78, 5) is 0. The van der Waals surface area contributed by atoms with Gasteiger partial charge in [-0.15, -0.1) is 5.10 Å². The van der Waals surface area contributed by atoms with Crippen LogP contribution in [0.2, 0.25) is 0 Å². The number of rotatable bonds is 6. The van der Waals surface area contributed by atoms with Gasteiger partial charge >= 0.3 is 0 Å². The lowest BCUT2D eigenvalue weighted by molar-refractivity contribution is 0.183. The summed E-state index contributed by atoms with van der Waals surface area (Å²) in [5.74, 6) is 1.69. The van der Waals surface area contributed by atoms with E-state index in [1.54, 1.807) is 0 Å². The first-order valence-corrected chi connectivity index (χ1v) is 7.50. The average molecular weight is 265 g/mol. The summed E-state index contributed by atoms with van der Waals surface area (Å²) in [6.07, 6.45) is 6.62. The molecule has 5 heteroatoms. The van der Waals surface area contributed by atoms with Crippen LogP contribution in [0.4, 0.5) is 0 Å². The van der Waals surface area contributed by atoms with Crippen LogP contribution < -0.4 is 5.32 Å². The standard InChI is InChI=1S/C14H27N5/c1-11(2)9-14(7-5-6-8-14)10-19-13(12(3)15-4)16-17-18-19/h11-12,15H,5-10H2,1-4H3. The molecule has 0 radical (unpaired) electrons. The van der Waals surface area contributed by atoms with Gasteiger partial charge in [-0.3, -0.25) is 0 Å². The van der Waals surface area contributed by atoms with Gasteiger partial charge in [-0.25, -0.2) is 4.68 Å². The first-order valence-electron chi connectivity index (χ1n) is 7.50. The van der Waals surface area contributed by atoms with E-state index in [1.807, 2.05) is 11.7 Å². The minimum absolute atomic E-state index is 0.201. The Labute approximate surface area is 116 Å². The second kappa shape index (κ2) is 5.99. The lowest BCUT2D eigenvalue weighted by Gasteiger charge is -2.31. The first kappa shape index (κ1) is 14.4. The Morgan fingerprint density at radius 3 is 2.53 bits per heavy atom. The second-order valence-corrected chi connectivity index (χ2v) is 6.51. The van der Waals surface area contributed by atoms with Crippen LogP contribution in [0.5, 0.6) is 0 Å². The van der Waals surface area contributed by atoms with Crippen LogP contribution >= 0.6 is 0 Å². The minimum atomic E-state index is 0.201. The zero-order valence-corrected chi connectivity index (χ0v) is 12.7. The number of aromatic nitrogens is 4. The van der Waals surface area contributed by atoms with Gasteiger partial charge in [0.25, 0.3) is 0 Å². The van der Waals surface area contributed by atoms with Crippen molar-refractivity contribution in [3.05, 3.63) is 5.82 Å². The molecule has 1 aromatic heterocycles. The molecule has 0 aromatic carbocycles. The molecule has 2 rings (SSSR count). The number of nitrogens with one attached hydrogen (secondary N) is 1. The maximum atomic E-state index is 4.22. The fraction of sp³-hybridized carbons (Fsp3) is 0.929. The van der Waals surface area contributed by atoms with E-state index in [9.17, 15) is 0 Å². The average Bonchev–Trinajstić information content (AvgIpc) is 2.98. The molecule has 19 heavy (non-hydrogen) atoms. The Bertz CT molecular complexity index is 392. The highest BCUT2D eigenvalue weighted by atomic mass is 15.5. The number of tetrazole rings is 1. The van der Waals surface area contributed by atoms with Crippen molar-refractivity contribution in [1.29, 1.82) is 0 Å². The molecule has 0 bridgehead atoms. The van der Waals surface area contributed by atoms with Crippen LogP contribution in [0.15, 0.2) is 0 Å². The molecule has 1 heterocycles. The second-order valence-electron chi connectivity index (χ2n) is 6.51. The van der Waals surface area contributed by atoms with Crippen molar-refractivity contribution in [2.24, 2.45) is 11.3 Å². The Balaban J connectivity index is 2.15. The molecule has 1 aliphatic rings. The normalized spacial score (nSPS) is 20.1. The smallest absolute Gasteiger partial charge is 0.167 e.